The molecule has 34 heavy (non-hydrogen) atoms. The molecule has 0 radical (unpaired) electrons. The Morgan fingerprint density at radius 1 is 1.29 bits per heavy atom. The predicted octanol–water partition coefficient (Wildman–Crippen LogP) is 5.54. The summed E-state index contributed by atoms with van der Waals surface area (Å²) in [7, 11) is 1.60. The molecule has 0 saturated carbocycles. The summed E-state index contributed by atoms with van der Waals surface area (Å²) in [4.78, 5) is 22.6. The number of alkyl halides is 1. The van der Waals surface area contributed by atoms with Gasteiger partial charge in [-0.25, -0.2) is 9.37 Å². The van der Waals surface area contributed by atoms with Gasteiger partial charge in [-0.1, -0.05) is 0 Å². The largest absolute Gasteiger partial charge is 0.497 e. The van der Waals surface area contributed by atoms with E-state index in [4.69, 9.17) is 4.74 Å². The van der Waals surface area contributed by atoms with Gasteiger partial charge in [0.15, 0.2) is 0 Å². The second-order valence-corrected chi connectivity index (χ2v) is 10.0. The third-order valence-corrected chi connectivity index (χ3v) is 7.71. The van der Waals surface area contributed by atoms with Gasteiger partial charge in [0.05, 0.1) is 17.6 Å². The fourth-order valence-electron chi connectivity index (χ4n) is 5.09. The van der Waals surface area contributed by atoms with Gasteiger partial charge in [0.1, 0.15) is 11.9 Å². The number of hydrogen-bond donors (Lipinski definition) is 1. The Balaban J connectivity index is 1.35. The lowest BCUT2D eigenvalue weighted by molar-refractivity contribution is -0.139. The van der Waals surface area contributed by atoms with E-state index < -0.39 is 12.1 Å². The Labute approximate surface area is 203 Å². The number of hydrogen-bond acceptors (Lipinski definition) is 6. The van der Waals surface area contributed by atoms with E-state index in [1.165, 1.54) is 0 Å². The predicted molar refractivity (Wildman–Crippen MR) is 132 cm³/mol. The number of nitrogens with zero attached hydrogens (tertiary/aromatic N) is 3. The van der Waals surface area contributed by atoms with Crippen LogP contribution in [0.4, 0.5) is 4.39 Å². The number of rotatable bonds is 11. The number of aliphatic carboxylic acids is 1. The number of ether oxygens (including phenoxy) is 1. The molecule has 2 aromatic heterocycles. The molecule has 1 N–H and O–H groups in total. The summed E-state index contributed by atoms with van der Waals surface area (Å²) in [5, 5.41) is 13.4. The number of thiazole rings is 1. The van der Waals surface area contributed by atoms with Gasteiger partial charge in [-0.3, -0.25) is 9.78 Å². The van der Waals surface area contributed by atoms with Crippen LogP contribution in [0, 0.1) is 11.8 Å². The topological polar surface area (TPSA) is 75.5 Å². The number of methoxy groups -OCH3 is 1. The Morgan fingerprint density at radius 2 is 2.18 bits per heavy atom. The van der Waals surface area contributed by atoms with Gasteiger partial charge in [0.25, 0.3) is 0 Å². The number of pyridine rings is 1. The zero-order valence-corrected chi connectivity index (χ0v) is 20.3. The lowest BCUT2D eigenvalue weighted by atomic mass is 9.79. The van der Waals surface area contributed by atoms with Crippen molar-refractivity contribution in [1.82, 2.24) is 14.9 Å². The van der Waals surface area contributed by atoms with Gasteiger partial charge in [0, 0.05) is 42.5 Å². The molecular weight excluding hydrogens is 453 g/mol. The number of halogens is 1. The van der Waals surface area contributed by atoms with Gasteiger partial charge < -0.3 is 14.7 Å². The molecule has 1 saturated heterocycles. The van der Waals surface area contributed by atoms with Crippen LogP contribution in [0.2, 0.25) is 0 Å². The lowest BCUT2D eigenvalue weighted by Crippen LogP contribution is -2.42. The first-order valence-electron chi connectivity index (χ1n) is 11.9. The molecule has 3 aromatic rings. The average molecular weight is 486 g/mol. The molecular formula is C26H32FN3O3S. The standard InChI is InChI=1S/C26H32FN3O3S/c1-33-20-5-7-24-22(16-20)21(8-10-28-24)23(27)6-4-18-9-13-30(17-19(18)15-26(31)32)12-2-3-25-29-11-14-34-25/h5,7-8,10-11,14,16,18-19,23H,2-4,6,9,12-13,15,17H2,1H3,(H,31,32)/t18-,19+,23+/m1/s1. The third kappa shape index (κ3) is 6.30. The molecule has 0 aliphatic carbocycles. The van der Waals surface area contributed by atoms with Crippen molar-refractivity contribution in [3.63, 3.8) is 0 Å². The van der Waals surface area contributed by atoms with Crippen molar-refractivity contribution in [3.05, 3.63) is 52.6 Å². The van der Waals surface area contributed by atoms with E-state index in [2.05, 4.69) is 14.9 Å². The van der Waals surface area contributed by atoms with Gasteiger partial charge >= 0.3 is 5.97 Å². The Morgan fingerprint density at radius 3 is 2.94 bits per heavy atom. The Bertz CT molecular complexity index is 1080. The smallest absolute Gasteiger partial charge is 0.303 e. The number of aryl methyl sites for hydroxylation is 1. The molecule has 1 aliphatic heterocycles. The monoisotopic (exact) mass is 485 g/mol. The summed E-state index contributed by atoms with van der Waals surface area (Å²) >= 11 is 1.68. The maximum atomic E-state index is 15.4. The van der Waals surface area contributed by atoms with E-state index in [-0.39, 0.29) is 18.3 Å². The van der Waals surface area contributed by atoms with Crippen LogP contribution >= 0.6 is 11.3 Å². The van der Waals surface area contributed by atoms with Crippen molar-refractivity contribution in [2.45, 2.75) is 44.7 Å². The fourth-order valence-corrected chi connectivity index (χ4v) is 5.75. The average Bonchev–Trinajstić information content (AvgIpc) is 3.36. The normalized spacial score (nSPS) is 19.8. The molecule has 0 amide bonds. The molecule has 0 unspecified atom stereocenters. The van der Waals surface area contributed by atoms with Crippen molar-refractivity contribution in [2.75, 3.05) is 26.7 Å². The Kier molecular flexibility index (Phi) is 8.45. The highest BCUT2D eigenvalue weighted by Crippen LogP contribution is 2.36. The summed E-state index contributed by atoms with van der Waals surface area (Å²) in [6.45, 7) is 2.64. The zero-order valence-electron chi connectivity index (χ0n) is 19.5. The summed E-state index contributed by atoms with van der Waals surface area (Å²) in [6.07, 6.45) is 6.43. The fraction of sp³-hybridized carbons (Fsp3) is 0.500. The first-order valence-corrected chi connectivity index (χ1v) is 12.8. The second-order valence-electron chi connectivity index (χ2n) is 9.06. The van der Waals surface area contributed by atoms with Crippen molar-refractivity contribution in [2.24, 2.45) is 11.8 Å². The van der Waals surface area contributed by atoms with Crippen molar-refractivity contribution < 1.29 is 19.0 Å². The second kappa shape index (κ2) is 11.7. The van der Waals surface area contributed by atoms with E-state index in [1.807, 2.05) is 29.8 Å². The number of aromatic nitrogens is 2. The SMILES string of the molecule is COc1ccc2nccc([C@@H](F)CC[C@@H]3CCN(CCCc4nccs4)C[C@@H]3CC(=O)O)c2c1. The molecule has 0 spiro atoms. The van der Waals surface area contributed by atoms with Crippen LogP contribution in [0.1, 0.15) is 48.8 Å². The number of benzene rings is 1. The van der Waals surface area contributed by atoms with Crippen LogP contribution in [-0.4, -0.2) is 52.7 Å². The van der Waals surface area contributed by atoms with Gasteiger partial charge in [-0.05, 0) is 80.4 Å². The van der Waals surface area contributed by atoms with Crippen LogP contribution in [0.5, 0.6) is 5.75 Å². The van der Waals surface area contributed by atoms with Crippen LogP contribution in [-0.2, 0) is 11.2 Å². The maximum Gasteiger partial charge on any atom is 0.303 e. The number of carboxylic acids is 1. The Hall–Kier alpha value is -2.58. The summed E-state index contributed by atoms with van der Waals surface area (Å²) < 4.78 is 20.7. The van der Waals surface area contributed by atoms with Crippen molar-refractivity contribution in [3.8, 4) is 5.75 Å². The van der Waals surface area contributed by atoms with E-state index in [0.29, 0.717) is 24.2 Å². The first-order chi connectivity index (χ1) is 16.5. The number of likely N-dealkylation sites (tertiary alicyclic amines) is 1. The van der Waals surface area contributed by atoms with E-state index in [9.17, 15) is 9.90 Å². The van der Waals surface area contributed by atoms with Crippen LogP contribution in [0.15, 0.2) is 42.0 Å². The molecule has 1 aromatic carbocycles. The molecule has 1 aliphatic rings. The summed E-state index contributed by atoms with van der Waals surface area (Å²) in [5.74, 6) is 0.168. The third-order valence-electron chi connectivity index (χ3n) is 6.87. The first kappa shape index (κ1) is 24.5. The maximum absolute atomic E-state index is 15.4. The number of carbonyl (C=O) groups is 1. The highest BCUT2D eigenvalue weighted by atomic mass is 32.1. The molecule has 8 heteroatoms. The molecule has 3 heterocycles. The van der Waals surface area contributed by atoms with Gasteiger partial charge in [-0.2, -0.15) is 0 Å². The molecule has 1 fully saturated rings. The molecule has 4 rings (SSSR count). The number of carboxylic acid groups (broad SMARTS) is 1. The van der Waals surface area contributed by atoms with E-state index in [1.54, 1.807) is 30.7 Å². The molecule has 182 valence electrons. The van der Waals surface area contributed by atoms with Gasteiger partial charge in [0.2, 0.25) is 0 Å². The summed E-state index contributed by atoms with van der Waals surface area (Å²) in [5.41, 5.74) is 1.37. The highest BCUT2D eigenvalue weighted by molar-refractivity contribution is 7.09. The van der Waals surface area contributed by atoms with Gasteiger partial charge in [-0.15, -0.1) is 11.3 Å². The highest BCUT2D eigenvalue weighted by Gasteiger charge is 2.31. The minimum atomic E-state index is -1.13. The van der Waals surface area contributed by atoms with E-state index in [0.717, 1.165) is 54.8 Å². The molecule has 0 bridgehead atoms. The minimum Gasteiger partial charge on any atom is -0.497 e. The minimum absolute atomic E-state index is 0.0487. The summed E-state index contributed by atoms with van der Waals surface area (Å²) in [6, 6.07) is 7.25. The van der Waals surface area contributed by atoms with Crippen LogP contribution in [0.3, 0.4) is 0 Å². The quantitative estimate of drug-likeness (QED) is 0.385. The molecule has 3 atom stereocenters. The van der Waals surface area contributed by atoms with Crippen LogP contribution < -0.4 is 4.74 Å². The molecule has 6 nitrogen and oxygen atoms in total. The lowest BCUT2D eigenvalue weighted by Gasteiger charge is -2.38. The zero-order chi connectivity index (χ0) is 23.9. The van der Waals surface area contributed by atoms with Crippen LogP contribution in [0.25, 0.3) is 10.9 Å². The number of piperidine rings is 1. The van der Waals surface area contributed by atoms with Crippen molar-refractivity contribution >= 4 is 28.2 Å². The van der Waals surface area contributed by atoms with E-state index >= 15 is 4.39 Å². The van der Waals surface area contributed by atoms with Crippen molar-refractivity contribution in [1.29, 1.82) is 0 Å². The number of fused-ring (bicyclic) bond motifs is 1.